The van der Waals surface area contributed by atoms with Gasteiger partial charge < -0.3 is 5.32 Å². The fourth-order valence-corrected chi connectivity index (χ4v) is 2.15. The number of nitrogens with zero attached hydrogens (tertiary/aromatic N) is 2. The highest BCUT2D eigenvalue weighted by Crippen LogP contribution is 2.16. The lowest BCUT2D eigenvalue weighted by Crippen LogP contribution is -2.16. The number of hydrogen-bond donors (Lipinski definition) is 2. The van der Waals surface area contributed by atoms with Crippen LogP contribution >= 0.6 is 11.8 Å². The summed E-state index contributed by atoms with van der Waals surface area (Å²) in [5, 5.41) is 9.02. The second kappa shape index (κ2) is 6.33. The number of aryl methyl sites for hydroxylation is 2. The van der Waals surface area contributed by atoms with E-state index in [0.717, 1.165) is 23.0 Å². The molecule has 1 aromatic heterocycles. The van der Waals surface area contributed by atoms with Gasteiger partial charge in [0.15, 0.2) is 0 Å². The van der Waals surface area contributed by atoms with Crippen molar-refractivity contribution in [2.24, 2.45) is 0 Å². The predicted octanol–water partition coefficient (Wildman–Crippen LogP) is 1.51. The maximum atomic E-state index is 11.8. The Labute approximate surface area is 120 Å². The van der Waals surface area contributed by atoms with Crippen molar-refractivity contribution in [3.8, 4) is 0 Å². The first-order valence-corrected chi connectivity index (χ1v) is 6.95. The predicted molar refractivity (Wildman–Crippen MR) is 77.9 cm³/mol. The largest absolute Gasteiger partial charge is 0.362 e. The Kier molecular flexibility index (Phi) is 4.52. The van der Waals surface area contributed by atoms with Crippen molar-refractivity contribution in [3.63, 3.8) is 0 Å². The average Bonchev–Trinajstić information content (AvgIpc) is 2.41. The van der Waals surface area contributed by atoms with E-state index in [0.29, 0.717) is 5.03 Å². The van der Waals surface area contributed by atoms with Crippen molar-refractivity contribution in [1.82, 2.24) is 15.2 Å². The summed E-state index contributed by atoms with van der Waals surface area (Å²) < 4.78 is 0. The maximum Gasteiger partial charge on any atom is 0.362 e. The molecule has 0 aliphatic carbocycles. The molecule has 7 heteroatoms. The van der Waals surface area contributed by atoms with Crippen molar-refractivity contribution in [2.45, 2.75) is 18.9 Å². The van der Waals surface area contributed by atoms with Gasteiger partial charge in [-0.15, -0.1) is 0 Å². The number of nitrogens with one attached hydrogen (secondary N) is 2. The molecule has 0 saturated heterocycles. The Morgan fingerprint density at radius 1 is 1.35 bits per heavy atom. The van der Waals surface area contributed by atoms with Gasteiger partial charge >= 0.3 is 5.69 Å². The number of aromatic nitrogens is 3. The Morgan fingerprint density at radius 3 is 2.85 bits per heavy atom. The molecule has 2 N–H and O–H groups in total. The molecule has 2 aromatic rings. The molecule has 0 bridgehead atoms. The van der Waals surface area contributed by atoms with E-state index >= 15 is 0 Å². The van der Waals surface area contributed by atoms with Gasteiger partial charge in [-0.2, -0.15) is 10.1 Å². The van der Waals surface area contributed by atoms with Crippen molar-refractivity contribution < 1.29 is 4.79 Å². The van der Waals surface area contributed by atoms with Crippen molar-refractivity contribution in [1.29, 1.82) is 0 Å². The lowest BCUT2D eigenvalue weighted by Gasteiger charge is -2.07. The van der Waals surface area contributed by atoms with E-state index in [-0.39, 0.29) is 11.7 Å². The van der Waals surface area contributed by atoms with E-state index in [9.17, 15) is 9.59 Å². The fraction of sp³-hybridized carbons (Fsp3) is 0.231. The fourth-order valence-electron chi connectivity index (χ4n) is 1.52. The van der Waals surface area contributed by atoms with Gasteiger partial charge in [-0.1, -0.05) is 17.8 Å². The van der Waals surface area contributed by atoms with Crippen LogP contribution in [-0.2, 0) is 4.79 Å². The maximum absolute atomic E-state index is 11.8. The minimum absolute atomic E-state index is 0.152. The Morgan fingerprint density at radius 2 is 2.15 bits per heavy atom. The summed E-state index contributed by atoms with van der Waals surface area (Å²) in [7, 11) is 0. The van der Waals surface area contributed by atoms with Gasteiger partial charge in [-0.3, -0.25) is 4.79 Å². The molecule has 1 heterocycles. The number of hydrogen-bond acceptors (Lipinski definition) is 5. The van der Waals surface area contributed by atoms with Crippen LogP contribution in [0.25, 0.3) is 0 Å². The molecule has 0 aliphatic rings. The van der Waals surface area contributed by atoms with Crippen molar-refractivity contribution in [3.05, 3.63) is 46.0 Å². The smallest absolute Gasteiger partial charge is 0.325 e. The summed E-state index contributed by atoms with van der Waals surface area (Å²) in [6, 6.07) is 5.74. The molecule has 104 valence electrons. The molecule has 0 radical (unpaired) electrons. The molecule has 0 aliphatic heterocycles. The third-order valence-electron chi connectivity index (χ3n) is 2.69. The summed E-state index contributed by atoms with van der Waals surface area (Å²) >= 11 is 1.16. The van der Waals surface area contributed by atoms with Crippen LogP contribution in [0.15, 0.2) is 34.2 Å². The highest BCUT2D eigenvalue weighted by molar-refractivity contribution is 7.99. The third kappa shape index (κ3) is 3.92. The van der Waals surface area contributed by atoms with Crippen molar-refractivity contribution >= 4 is 23.4 Å². The van der Waals surface area contributed by atoms with E-state index in [1.807, 2.05) is 32.0 Å². The van der Waals surface area contributed by atoms with Crippen LogP contribution in [0, 0.1) is 13.8 Å². The van der Waals surface area contributed by atoms with Crippen LogP contribution in [0.5, 0.6) is 0 Å². The molecular formula is C13H14N4O2S. The monoisotopic (exact) mass is 290 g/mol. The number of amides is 1. The zero-order valence-corrected chi connectivity index (χ0v) is 12.0. The van der Waals surface area contributed by atoms with Gasteiger partial charge in [0.1, 0.15) is 5.03 Å². The summed E-state index contributed by atoms with van der Waals surface area (Å²) in [5.41, 5.74) is 2.53. The number of aromatic amines is 1. The quantitative estimate of drug-likeness (QED) is 0.833. The number of anilines is 1. The highest BCUT2D eigenvalue weighted by Gasteiger charge is 2.06. The Bertz CT molecular complexity index is 684. The number of H-pyrrole nitrogens is 1. The number of rotatable bonds is 4. The first-order chi connectivity index (χ1) is 9.54. The molecule has 2 rings (SSSR count). The van der Waals surface area contributed by atoms with Crippen LogP contribution in [0.3, 0.4) is 0 Å². The molecule has 0 unspecified atom stereocenters. The van der Waals surface area contributed by atoms with E-state index in [4.69, 9.17) is 0 Å². The standard InChI is InChI=1S/C13H14N4O2S/c1-8-3-4-10(5-9(8)2)15-11(18)7-20-12-6-14-17-13(19)16-12/h3-6H,7H2,1-2H3,(H,15,18)(H,16,17,19). The summed E-state index contributed by atoms with van der Waals surface area (Å²) in [5.74, 6) is 0.0192. The second-order valence-electron chi connectivity index (χ2n) is 4.26. The average molecular weight is 290 g/mol. The molecule has 6 nitrogen and oxygen atoms in total. The van der Waals surface area contributed by atoms with Crippen LogP contribution < -0.4 is 11.0 Å². The van der Waals surface area contributed by atoms with Crippen LogP contribution in [-0.4, -0.2) is 26.8 Å². The second-order valence-corrected chi connectivity index (χ2v) is 5.26. The van der Waals surface area contributed by atoms with E-state index < -0.39 is 5.69 Å². The van der Waals surface area contributed by atoms with Crippen LogP contribution in [0.2, 0.25) is 0 Å². The van der Waals surface area contributed by atoms with Gasteiger partial charge in [-0.25, -0.2) is 9.89 Å². The summed E-state index contributed by atoms with van der Waals surface area (Å²) in [6.45, 7) is 4.01. The first-order valence-electron chi connectivity index (χ1n) is 5.96. The lowest BCUT2D eigenvalue weighted by molar-refractivity contribution is -0.113. The van der Waals surface area contributed by atoms with Gasteiger partial charge in [0.2, 0.25) is 5.91 Å². The molecule has 0 atom stereocenters. The molecule has 1 aromatic carbocycles. The van der Waals surface area contributed by atoms with Crippen LogP contribution in [0.1, 0.15) is 11.1 Å². The zero-order valence-electron chi connectivity index (χ0n) is 11.1. The molecular weight excluding hydrogens is 276 g/mol. The number of carbonyl (C=O) groups excluding carboxylic acids is 1. The van der Waals surface area contributed by atoms with Gasteiger partial charge in [0, 0.05) is 5.69 Å². The Hall–Kier alpha value is -2.15. The lowest BCUT2D eigenvalue weighted by atomic mass is 10.1. The number of thioether (sulfide) groups is 1. The minimum Gasteiger partial charge on any atom is -0.325 e. The molecule has 0 spiro atoms. The van der Waals surface area contributed by atoms with Crippen molar-refractivity contribution in [2.75, 3.05) is 11.1 Å². The van der Waals surface area contributed by atoms with Gasteiger partial charge in [0.25, 0.3) is 0 Å². The van der Waals surface area contributed by atoms with E-state index in [1.165, 1.54) is 11.8 Å². The molecule has 0 saturated carbocycles. The van der Waals surface area contributed by atoms with E-state index in [2.05, 4.69) is 20.5 Å². The topological polar surface area (TPSA) is 87.7 Å². The number of benzene rings is 1. The van der Waals surface area contributed by atoms with Gasteiger partial charge in [-0.05, 0) is 37.1 Å². The minimum atomic E-state index is -0.524. The summed E-state index contributed by atoms with van der Waals surface area (Å²) in [6.07, 6.45) is 1.41. The highest BCUT2D eigenvalue weighted by atomic mass is 32.2. The normalized spacial score (nSPS) is 10.3. The molecule has 1 amide bonds. The zero-order chi connectivity index (χ0) is 14.5. The first kappa shape index (κ1) is 14.3. The number of carbonyl (C=O) groups is 1. The Balaban J connectivity index is 1.92. The van der Waals surface area contributed by atoms with Crippen LogP contribution in [0.4, 0.5) is 5.69 Å². The third-order valence-corrected chi connectivity index (χ3v) is 3.59. The SMILES string of the molecule is Cc1ccc(NC(=O)CSc2cn[nH]c(=O)n2)cc1C. The van der Waals surface area contributed by atoms with Gasteiger partial charge in [0.05, 0.1) is 11.9 Å². The summed E-state index contributed by atoms with van der Waals surface area (Å²) in [4.78, 5) is 26.4. The molecule has 0 fully saturated rings. The van der Waals surface area contributed by atoms with E-state index in [1.54, 1.807) is 0 Å². The molecule has 20 heavy (non-hydrogen) atoms.